The molecule has 1 aromatic heterocycles. The zero-order chi connectivity index (χ0) is 18.8. The van der Waals surface area contributed by atoms with Gasteiger partial charge in [-0.1, -0.05) is 23.7 Å². The van der Waals surface area contributed by atoms with E-state index in [9.17, 15) is 4.79 Å². The minimum Gasteiger partial charge on any atom is -0.371 e. The highest BCUT2D eigenvalue weighted by Crippen LogP contribution is 2.32. The average molecular weight is 387 g/mol. The second kappa shape index (κ2) is 7.84. The lowest BCUT2D eigenvalue weighted by atomic mass is 10.1. The Kier molecular flexibility index (Phi) is 5.29. The van der Waals surface area contributed by atoms with E-state index in [1.807, 2.05) is 24.3 Å². The SMILES string of the molecule is CNC(=O)c1cccnc1N[C@@H]1C[C@H]2CO[C@@H](c3ccc(Cl)cc3)CN2C1. The lowest BCUT2D eigenvalue weighted by Gasteiger charge is -2.35. The number of nitrogens with one attached hydrogen (secondary N) is 2. The predicted octanol–water partition coefficient (Wildman–Crippen LogP) is 2.72. The van der Waals surface area contributed by atoms with Crippen LogP contribution in [0, 0.1) is 0 Å². The van der Waals surface area contributed by atoms with Crippen molar-refractivity contribution in [1.82, 2.24) is 15.2 Å². The van der Waals surface area contributed by atoms with E-state index in [-0.39, 0.29) is 18.1 Å². The van der Waals surface area contributed by atoms with Crippen molar-refractivity contribution in [3.05, 3.63) is 58.7 Å². The number of carbonyl (C=O) groups excluding carboxylic acids is 1. The van der Waals surface area contributed by atoms with Crippen molar-refractivity contribution in [3.8, 4) is 0 Å². The first-order valence-electron chi connectivity index (χ1n) is 9.19. The second-order valence-corrected chi connectivity index (χ2v) is 7.47. The Hall–Kier alpha value is -2.15. The first-order valence-corrected chi connectivity index (χ1v) is 9.56. The van der Waals surface area contributed by atoms with E-state index >= 15 is 0 Å². The molecule has 1 amide bonds. The van der Waals surface area contributed by atoms with Gasteiger partial charge >= 0.3 is 0 Å². The smallest absolute Gasteiger partial charge is 0.254 e. The quantitative estimate of drug-likeness (QED) is 0.845. The highest BCUT2D eigenvalue weighted by molar-refractivity contribution is 6.30. The number of benzene rings is 1. The summed E-state index contributed by atoms with van der Waals surface area (Å²) in [4.78, 5) is 18.9. The van der Waals surface area contributed by atoms with Crippen LogP contribution < -0.4 is 10.6 Å². The monoisotopic (exact) mass is 386 g/mol. The topological polar surface area (TPSA) is 66.5 Å². The molecule has 142 valence electrons. The first-order chi connectivity index (χ1) is 13.1. The average Bonchev–Trinajstić information content (AvgIpc) is 3.10. The maximum Gasteiger partial charge on any atom is 0.254 e. The predicted molar refractivity (Wildman–Crippen MR) is 105 cm³/mol. The Morgan fingerprint density at radius 1 is 1.26 bits per heavy atom. The first kappa shape index (κ1) is 18.2. The van der Waals surface area contributed by atoms with Gasteiger partial charge in [0, 0.05) is 43.4 Å². The van der Waals surface area contributed by atoms with Gasteiger partial charge in [0.05, 0.1) is 18.3 Å². The molecule has 2 fully saturated rings. The largest absolute Gasteiger partial charge is 0.371 e. The number of ether oxygens (including phenoxy) is 1. The van der Waals surface area contributed by atoms with Crippen LogP contribution in [0.3, 0.4) is 0 Å². The minimum atomic E-state index is -0.132. The van der Waals surface area contributed by atoms with Gasteiger partial charge in [-0.05, 0) is 36.2 Å². The third kappa shape index (κ3) is 3.93. The lowest BCUT2D eigenvalue weighted by Crippen LogP contribution is -2.42. The van der Waals surface area contributed by atoms with Crippen molar-refractivity contribution < 1.29 is 9.53 Å². The number of amides is 1. The molecule has 1 aromatic carbocycles. The molecule has 0 saturated carbocycles. The maximum absolute atomic E-state index is 12.1. The number of fused-ring (bicyclic) bond motifs is 1. The summed E-state index contributed by atoms with van der Waals surface area (Å²) in [6.07, 6.45) is 2.74. The van der Waals surface area contributed by atoms with Gasteiger partial charge in [0.25, 0.3) is 5.91 Å². The molecule has 4 rings (SSSR count). The van der Waals surface area contributed by atoms with E-state index in [2.05, 4.69) is 20.5 Å². The van der Waals surface area contributed by atoms with E-state index in [1.165, 1.54) is 0 Å². The van der Waals surface area contributed by atoms with Crippen LogP contribution in [-0.2, 0) is 4.74 Å². The molecular weight excluding hydrogens is 364 g/mol. The third-order valence-corrected chi connectivity index (χ3v) is 5.53. The summed E-state index contributed by atoms with van der Waals surface area (Å²) >= 11 is 5.99. The zero-order valence-electron chi connectivity index (χ0n) is 15.2. The van der Waals surface area contributed by atoms with Crippen LogP contribution in [-0.4, -0.2) is 54.6 Å². The molecule has 2 N–H and O–H groups in total. The van der Waals surface area contributed by atoms with E-state index in [0.717, 1.165) is 30.1 Å². The molecule has 2 aliphatic rings. The van der Waals surface area contributed by atoms with Crippen LogP contribution in [0.4, 0.5) is 5.82 Å². The van der Waals surface area contributed by atoms with Crippen molar-refractivity contribution in [3.63, 3.8) is 0 Å². The Bertz CT molecular complexity index is 814. The number of aromatic nitrogens is 1. The number of morpholine rings is 1. The number of halogens is 1. The van der Waals surface area contributed by atoms with Crippen LogP contribution in [0.2, 0.25) is 5.02 Å². The maximum atomic E-state index is 12.1. The highest BCUT2D eigenvalue weighted by atomic mass is 35.5. The van der Waals surface area contributed by atoms with Crippen LogP contribution in [0.25, 0.3) is 0 Å². The molecule has 0 aliphatic carbocycles. The Morgan fingerprint density at radius 3 is 2.85 bits per heavy atom. The molecule has 2 aliphatic heterocycles. The van der Waals surface area contributed by atoms with Gasteiger partial charge in [-0.2, -0.15) is 0 Å². The molecule has 3 atom stereocenters. The van der Waals surface area contributed by atoms with Crippen LogP contribution in [0.5, 0.6) is 0 Å². The standard InChI is InChI=1S/C20H23ClN4O2/c1-22-20(26)17-3-2-8-23-19(17)24-15-9-16-12-27-18(11-25(16)10-15)13-4-6-14(21)7-5-13/h2-8,15-16,18H,9-12H2,1H3,(H,22,26)(H,23,24)/t15-,16+,18-/m1/s1. The molecule has 0 radical (unpaired) electrons. The van der Waals surface area contributed by atoms with Gasteiger partial charge < -0.3 is 15.4 Å². The zero-order valence-corrected chi connectivity index (χ0v) is 15.9. The third-order valence-electron chi connectivity index (χ3n) is 5.28. The van der Waals surface area contributed by atoms with Gasteiger partial charge in [0.2, 0.25) is 0 Å². The number of hydrogen-bond donors (Lipinski definition) is 2. The summed E-state index contributed by atoms with van der Waals surface area (Å²) in [5.74, 6) is 0.504. The van der Waals surface area contributed by atoms with E-state index in [0.29, 0.717) is 24.0 Å². The van der Waals surface area contributed by atoms with Crippen molar-refractivity contribution in [1.29, 1.82) is 0 Å². The van der Waals surface area contributed by atoms with E-state index in [4.69, 9.17) is 16.3 Å². The summed E-state index contributed by atoms with van der Waals surface area (Å²) in [7, 11) is 1.63. The van der Waals surface area contributed by atoms with Crippen LogP contribution in [0.15, 0.2) is 42.6 Å². The number of carbonyl (C=O) groups is 1. The van der Waals surface area contributed by atoms with Crippen molar-refractivity contribution >= 4 is 23.3 Å². The minimum absolute atomic E-state index is 0.0635. The molecule has 7 heteroatoms. The van der Waals surface area contributed by atoms with Gasteiger partial charge in [-0.25, -0.2) is 4.98 Å². The highest BCUT2D eigenvalue weighted by Gasteiger charge is 2.38. The van der Waals surface area contributed by atoms with E-state index < -0.39 is 0 Å². The van der Waals surface area contributed by atoms with Crippen molar-refractivity contribution in [2.45, 2.75) is 24.6 Å². The fourth-order valence-electron chi connectivity index (χ4n) is 3.89. The normalized spacial score (nSPS) is 25.0. The Balaban J connectivity index is 1.42. The molecule has 27 heavy (non-hydrogen) atoms. The second-order valence-electron chi connectivity index (χ2n) is 7.04. The molecule has 2 aromatic rings. The number of nitrogens with zero attached hydrogens (tertiary/aromatic N) is 2. The summed E-state index contributed by atoms with van der Waals surface area (Å²) in [6.45, 7) is 2.47. The molecule has 0 unspecified atom stereocenters. The Morgan fingerprint density at radius 2 is 2.07 bits per heavy atom. The molecule has 3 heterocycles. The van der Waals surface area contributed by atoms with Gasteiger partial charge in [0.15, 0.2) is 0 Å². The fourth-order valence-corrected chi connectivity index (χ4v) is 4.02. The number of hydrogen-bond acceptors (Lipinski definition) is 5. The lowest BCUT2D eigenvalue weighted by molar-refractivity contribution is -0.0501. The number of anilines is 1. The molecule has 6 nitrogen and oxygen atoms in total. The van der Waals surface area contributed by atoms with Crippen LogP contribution >= 0.6 is 11.6 Å². The summed E-state index contributed by atoms with van der Waals surface area (Å²) in [6, 6.07) is 12.1. The number of rotatable bonds is 4. The van der Waals surface area contributed by atoms with Crippen molar-refractivity contribution in [2.75, 3.05) is 32.1 Å². The van der Waals surface area contributed by atoms with Gasteiger partial charge in [-0.3, -0.25) is 9.69 Å². The molecule has 2 saturated heterocycles. The van der Waals surface area contributed by atoms with Crippen LogP contribution in [0.1, 0.15) is 28.4 Å². The van der Waals surface area contributed by atoms with E-state index in [1.54, 1.807) is 25.4 Å². The summed E-state index contributed by atoms with van der Waals surface area (Å²) in [5, 5.41) is 6.86. The van der Waals surface area contributed by atoms with Crippen molar-refractivity contribution in [2.24, 2.45) is 0 Å². The fraction of sp³-hybridized carbons (Fsp3) is 0.400. The summed E-state index contributed by atoms with van der Waals surface area (Å²) in [5.41, 5.74) is 1.72. The molecule has 0 spiro atoms. The molecular formula is C20H23ClN4O2. The van der Waals surface area contributed by atoms with Gasteiger partial charge in [0.1, 0.15) is 5.82 Å². The molecule has 0 bridgehead atoms. The summed E-state index contributed by atoms with van der Waals surface area (Å²) < 4.78 is 6.10. The van der Waals surface area contributed by atoms with Gasteiger partial charge in [-0.15, -0.1) is 0 Å². The Labute approximate surface area is 163 Å². The number of pyridine rings is 1.